The van der Waals surface area contributed by atoms with Crippen molar-refractivity contribution < 1.29 is 17.9 Å². The van der Waals surface area contributed by atoms with Crippen LogP contribution >= 0.6 is 0 Å². The maximum Gasteiger partial charge on any atom is 0.253 e. The number of benzene rings is 2. The van der Waals surface area contributed by atoms with Crippen molar-refractivity contribution in [2.45, 2.75) is 45.3 Å². The summed E-state index contributed by atoms with van der Waals surface area (Å²) >= 11 is 0. The fraction of sp³-hybridized carbons (Fsp3) is 0.435. The van der Waals surface area contributed by atoms with Gasteiger partial charge in [-0.25, -0.2) is 8.42 Å². The topological polar surface area (TPSA) is 63.7 Å². The van der Waals surface area contributed by atoms with Crippen molar-refractivity contribution in [3.63, 3.8) is 0 Å². The van der Waals surface area contributed by atoms with Crippen molar-refractivity contribution in [2.75, 3.05) is 18.6 Å². The van der Waals surface area contributed by atoms with Crippen LogP contribution in [0.1, 0.15) is 48.7 Å². The molecule has 2 aromatic carbocycles. The largest absolute Gasteiger partial charge is 0.489 e. The number of sulfone groups is 1. The summed E-state index contributed by atoms with van der Waals surface area (Å²) in [5, 5.41) is 0. The van der Waals surface area contributed by atoms with Gasteiger partial charge in [-0.2, -0.15) is 0 Å². The molecular weight excluding hydrogens is 386 g/mol. The van der Waals surface area contributed by atoms with Crippen LogP contribution in [0.3, 0.4) is 0 Å². The molecule has 2 aromatic rings. The molecule has 1 saturated heterocycles. The Morgan fingerprint density at radius 1 is 1.07 bits per heavy atom. The normalized spacial score (nSPS) is 18.4. The number of ether oxygens (including phenoxy) is 1. The predicted molar refractivity (Wildman–Crippen MR) is 115 cm³/mol. The summed E-state index contributed by atoms with van der Waals surface area (Å²) in [5.41, 5.74) is 2.88. The minimum Gasteiger partial charge on any atom is -0.489 e. The summed E-state index contributed by atoms with van der Waals surface area (Å²) in [5.74, 6) is 0.856. The first kappa shape index (κ1) is 21.4. The van der Waals surface area contributed by atoms with Crippen molar-refractivity contribution >= 4 is 15.7 Å². The van der Waals surface area contributed by atoms with Gasteiger partial charge in [0, 0.05) is 18.7 Å². The molecule has 0 N–H and O–H groups in total. The Labute approximate surface area is 173 Å². The molecular formula is C23H29NO4S. The third kappa shape index (κ3) is 5.38. The predicted octanol–water partition coefficient (Wildman–Crippen LogP) is 3.82. The average molecular weight is 416 g/mol. The van der Waals surface area contributed by atoms with E-state index in [-0.39, 0.29) is 28.9 Å². The molecule has 156 valence electrons. The molecule has 6 heteroatoms. The van der Waals surface area contributed by atoms with E-state index in [1.807, 2.05) is 24.3 Å². The van der Waals surface area contributed by atoms with Gasteiger partial charge in [0.2, 0.25) is 0 Å². The Hall–Kier alpha value is -2.34. The highest BCUT2D eigenvalue weighted by molar-refractivity contribution is 7.91. The zero-order valence-electron chi connectivity index (χ0n) is 17.5. The Morgan fingerprint density at radius 2 is 1.69 bits per heavy atom. The fourth-order valence-electron chi connectivity index (χ4n) is 3.41. The van der Waals surface area contributed by atoms with Crippen LogP contribution in [0.25, 0.3) is 0 Å². The highest BCUT2D eigenvalue weighted by atomic mass is 32.2. The van der Waals surface area contributed by atoms with Gasteiger partial charge in [-0.1, -0.05) is 45.0 Å². The molecule has 1 amide bonds. The number of carbonyl (C=O) groups excluding carboxylic acids is 1. The lowest BCUT2D eigenvalue weighted by Gasteiger charge is -2.23. The van der Waals surface area contributed by atoms with Gasteiger partial charge >= 0.3 is 0 Å². The first-order valence-corrected chi connectivity index (χ1v) is 11.7. The highest BCUT2D eigenvalue weighted by Gasteiger charge is 2.33. The second-order valence-corrected chi connectivity index (χ2v) is 11.0. The van der Waals surface area contributed by atoms with E-state index in [2.05, 4.69) is 32.9 Å². The van der Waals surface area contributed by atoms with Crippen LogP contribution < -0.4 is 4.74 Å². The molecule has 0 aliphatic carbocycles. The van der Waals surface area contributed by atoms with E-state index in [0.29, 0.717) is 18.6 Å². The van der Waals surface area contributed by atoms with E-state index in [0.717, 1.165) is 11.3 Å². The molecule has 0 saturated carbocycles. The number of nitrogens with zero attached hydrogens (tertiary/aromatic N) is 1. The summed E-state index contributed by atoms with van der Waals surface area (Å²) < 4.78 is 29.2. The lowest BCUT2D eigenvalue weighted by atomic mass is 9.87. The Kier molecular flexibility index (Phi) is 6.03. The number of amides is 1. The Balaban J connectivity index is 1.58. The molecule has 1 aliphatic rings. The van der Waals surface area contributed by atoms with Gasteiger partial charge in [0.1, 0.15) is 12.4 Å². The lowest BCUT2D eigenvalue weighted by molar-refractivity contribution is 0.0747. The van der Waals surface area contributed by atoms with Crippen LogP contribution in [-0.2, 0) is 21.9 Å². The van der Waals surface area contributed by atoms with Crippen molar-refractivity contribution in [3.8, 4) is 5.75 Å². The van der Waals surface area contributed by atoms with Crippen LogP contribution in [-0.4, -0.2) is 43.8 Å². The fourth-order valence-corrected chi connectivity index (χ4v) is 5.19. The van der Waals surface area contributed by atoms with Crippen LogP contribution in [0.4, 0.5) is 0 Å². The molecule has 1 aliphatic heterocycles. The molecule has 29 heavy (non-hydrogen) atoms. The first-order chi connectivity index (χ1) is 13.5. The van der Waals surface area contributed by atoms with E-state index >= 15 is 0 Å². The summed E-state index contributed by atoms with van der Waals surface area (Å²) in [7, 11) is -1.35. The number of hydrogen-bond acceptors (Lipinski definition) is 4. The summed E-state index contributed by atoms with van der Waals surface area (Å²) in [6.45, 7) is 6.94. The first-order valence-electron chi connectivity index (χ1n) is 9.85. The van der Waals surface area contributed by atoms with Gasteiger partial charge in [0.25, 0.3) is 5.91 Å². The summed E-state index contributed by atoms with van der Waals surface area (Å²) in [4.78, 5) is 14.2. The standard InChI is InChI=1S/C23H29NO4S/c1-23(2,3)19-9-11-21(12-10-19)28-15-17-5-7-18(8-6-17)22(25)24(4)20-13-14-29(26,27)16-20/h5-12,20H,13-16H2,1-4H3. The number of carbonyl (C=O) groups is 1. The second kappa shape index (κ2) is 8.19. The molecule has 1 heterocycles. The summed E-state index contributed by atoms with van der Waals surface area (Å²) in [6, 6.07) is 15.1. The van der Waals surface area contributed by atoms with Crippen molar-refractivity contribution in [1.29, 1.82) is 0 Å². The van der Waals surface area contributed by atoms with Gasteiger partial charge in [-0.3, -0.25) is 4.79 Å². The third-order valence-corrected chi connectivity index (χ3v) is 7.15. The molecule has 0 spiro atoms. The van der Waals surface area contributed by atoms with Crippen LogP contribution in [0, 0.1) is 0 Å². The van der Waals surface area contributed by atoms with E-state index in [9.17, 15) is 13.2 Å². The summed E-state index contributed by atoms with van der Waals surface area (Å²) in [6.07, 6.45) is 0.504. The van der Waals surface area contributed by atoms with Crippen LogP contribution in [0.15, 0.2) is 48.5 Å². The van der Waals surface area contributed by atoms with Crippen LogP contribution in [0.5, 0.6) is 5.75 Å². The molecule has 0 aromatic heterocycles. The molecule has 3 rings (SSSR count). The van der Waals surface area contributed by atoms with Gasteiger partial charge in [0.05, 0.1) is 11.5 Å². The molecule has 0 radical (unpaired) electrons. The molecule has 1 atom stereocenters. The number of hydrogen-bond donors (Lipinski definition) is 0. The average Bonchev–Trinajstić information content (AvgIpc) is 3.05. The van der Waals surface area contributed by atoms with E-state index in [1.165, 1.54) is 5.56 Å². The molecule has 5 nitrogen and oxygen atoms in total. The number of rotatable bonds is 5. The lowest BCUT2D eigenvalue weighted by Crippen LogP contribution is -2.37. The zero-order valence-corrected chi connectivity index (χ0v) is 18.3. The second-order valence-electron chi connectivity index (χ2n) is 8.73. The van der Waals surface area contributed by atoms with E-state index in [4.69, 9.17) is 4.74 Å². The van der Waals surface area contributed by atoms with Gasteiger partial charge < -0.3 is 9.64 Å². The van der Waals surface area contributed by atoms with Gasteiger partial charge in [-0.05, 0) is 47.2 Å². The van der Waals surface area contributed by atoms with Crippen molar-refractivity contribution in [3.05, 3.63) is 65.2 Å². The quantitative estimate of drug-likeness (QED) is 0.745. The molecule has 0 bridgehead atoms. The smallest absolute Gasteiger partial charge is 0.253 e. The molecule has 1 unspecified atom stereocenters. The Bertz CT molecular complexity index is 957. The van der Waals surface area contributed by atoms with Gasteiger partial charge in [-0.15, -0.1) is 0 Å². The third-order valence-electron chi connectivity index (χ3n) is 5.40. The SMILES string of the molecule is CN(C(=O)c1ccc(COc2ccc(C(C)(C)C)cc2)cc1)C1CCS(=O)(=O)C1. The Morgan fingerprint density at radius 3 is 2.21 bits per heavy atom. The zero-order chi connectivity index (χ0) is 21.2. The van der Waals surface area contributed by atoms with Crippen LogP contribution in [0.2, 0.25) is 0 Å². The van der Waals surface area contributed by atoms with E-state index < -0.39 is 9.84 Å². The van der Waals surface area contributed by atoms with Crippen molar-refractivity contribution in [1.82, 2.24) is 4.90 Å². The monoisotopic (exact) mass is 415 g/mol. The molecule has 1 fully saturated rings. The highest BCUT2D eigenvalue weighted by Crippen LogP contribution is 2.25. The maximum atomic E-state index is 12.6. The maximum absolute atomic E-state index is 12.6. The minimum absolute atomic E-state index is 0.0508. The van der Waals surface area contributed by atoms with Gasteiger partial charge in [0.15, 0.2) is 9.84 Å². The minimum atomic E-state index is -3.02. The van der Waals surface area contributed by atoms with Crippen molar-refractivity contribution in [2.24, 2.45) is 0 Å². The van der Waals surface area contributed by atoms with E-state index in [1.54, 1.807) is 24.1 Å².